The van der Waals surface area contributed by atoms with Crippen LogP contribution in [-0.2, 0) is 15.5 Å². The molecule has 6 heteroatoms. The maximum Gasteiger partial charge on any atom is 0.371 e. The van der Waals surface area contributed by atoms with Gasteiger partial charge in [-0.15, -0.1) is 0 Å². The molecule has 2 atom stereocenters. The second-order valence-corrected chi connectivity index (χ2v) is 5.35. The normalized spacial score (nSPS) is 22.2. The van der Waals surface area contributed by atoms with Crippen molar-refractivity contribution in [1.29, 1.82) is 0 Å². The van der Waals surface area contributed by atoms with Crippen molar-refractivity contribution < 1.29 is 23.3 Å². The van der Waals surface area contributed by atoms with Crippen LogP contribution in [0, 0.1) is 0 Å². The van der Waals surface area contributed by atoms with Crippen LogP contribution in [0.15, 0.2) is 21.6 Å². The molecule has 1 N–H and O–H groups in total. The van der Waals surface area contributed by atoms with Crippen LogP contribution in [0.5, 0.6) is 0 Å². The molecule has 17 heavy (non-hydrogen) atoms. The van der Waals surface area contributed by atoms with Crippen molar-refractivity contribution in [3.8, 4) is 0 Å². The summed E-state index contributed by atoms with van der Waals surface area (Å²) in [6.45, 7) is 0.709. The third kappa shape index (κ3) is 3.17. The molecule has 1 aliphatic rings. The van der Waals surface area contributed by atoms with Crippen LogP contribution in [-0.4, -0.2) is 33.7 Å². The summed E-state index contributed by atoms with van der Waals surface area (Å²) in [5.74, 6) is -0.966. The van der Waals surface area contributed by atoms with Crippen molar-refractivity contribution in [3.63, 3.8) is 0 Å². The monoisotopic (exact) mass is 258 g/mol. The Morgan fingerprint density at radius 2 is 2.29 bits per heavy atom. The first-order valence-corrected chi connectivity index (χ1v) is 6.82. The fourth-order valence-electron chi connectivity index (χ4n) is 1.75. The van der Waals surface area contributed by atoms with Crippen molar-refractivity contribution in [1.82, 2.24) is 0 Å². The highest BCUT2D eigenvalue weighted by molar-refractivity contribution is 7.84. The molecule has 0 aliphatic carbocycles. The first-order valence-electron chi connectivity index (χ1n) is 5.50. The second-order valence-electron chi connectivity index (χ2n) is 3.92. The number of carbonyl (C=O) groups is 1. The summed E-state index contributed by atoms with van der Waals surface area (Å²) in [5.41, 5.74) is 0. The largest absolute Gasteiger partial charge is 0.475 e. The maximum atomic E-state index is 11.9. The summed E-state index contributed by atoms with van der Waals surface area (Å²) in [6.07, 6.45) is 3.02. The summed E-state index contributed by atoms with van der Waals surface area (Å²) in [4.78, 5) is 10.6. The van der Waals surface area contributed by atoms with E-state index in [1.807, 2.05) is 0 Å². The Morgan fingerprint density at radius 1 is 1.47 bits per heavy atom. The highest BCUT2D eigenvalue weighted by Gasteiger charge is 2.20. The Bertz CT molecular complexity index is 419. The standard InChI is InChI=1S/C11H14O5S/c12-11(13)9-4-5-10(16-9)17(14)7-8-3-1-2-6-15-8/h4-5,8H,1-3,6-7H2,(H,12,13). The number of hydrogen-bond donors (Lipinski definition) is 1. The molecule has 0 amide bonds. The molecule has 1 aromatic rings. The van der Waals surface area contributed by atoms with Gasteiger partial charge in [0.2, 0.25) is 5.76 Å². The number of furan rings is 1. The molecular weight excluding hydrogens is 244 g/mol. The van der Waals surface area contributed by atoms with Crippen LogP contribution in [0.25, 0.3) is 0 Å². The van der Waals surface area contributed by atoms with E-state index in [0.717, 1.165) is 19.3 Å². The molecule has 1 aliphatic heterocycles. The predicted molar refractivity (Wildman–Crippen MR) is 60.5 cm³/mol. The van der Waals surface area contributed by atoms with Gasteiger partial charge in [-0.25, -0.2) is 4.79 Å². The van der Waals surface area contributed by atoms with Gasteiger partial charge in [-0.2, -0.15) is 0 Å². The molecule has 2 unspecified atom stereocenters. The van der Waals surface area contributed by atoms with Crippen molar-refractivity contribution in [2.24, 2.45) is 0 Å². The topological polar surface area (TPSA) is 76.7 Å². The van der Waals surface area contributed by atoms with Crippen LogP contribution in [0.3, 0.4) is 0 Å². The average molecular weight is 258 g/mol. The van der Waals surface area contributed by atoms with Gasteiger partial charge in [-0.05, 0) is 31.4 Å². The Morgan fingerprint density at radius 3 is 2.88 bits per heavy atom. The van der Waals surface area contributed by atoms with Gasteiger partial charge >= 0.3 is 5.97 Å². The Hall–Kier alpha value is -1.14. The molecule has 0 saturated carbocycles. The molecule has 0 aromatic carbocycles. The van der Waals surface area contributed by atoms with Gasteiger partial charge in [0.1, 0.15) is 0 Å². The number of rotatable bonds is 4. The predicted octanol–water partition coefficient (Wildman–Crippen LogP) is 1.65. The molecule has 1 aromatic heterocycles. The molecule has 0 spiro atoms. The zero-order valence-electron chi connectivity index (χ0n) is 9.26. The molecule has 0 bridgehead atoms. The van der Waals surface area contributed by atoms with Crippen molar-refractivity contribution in [2.75, 3.05) is 12.4 Å². The SMILES string of the molecule is O=C(O)c1ccc(S(=O)CC2CCCCO2)o1. The van der Waals surface area contributed by atoms with Gasteiger partial charge in [0, 0.05) is 6.61 Å². The van der Waals surface area contributed by atoms with Gasteiger partial charge in [0.25, 0.3) is 0 Å². The van der Waals surface area contributed by atoms with Crippen molar-refractivity contribution >= 4 is 16.8 Å². The first-order chi connectivity index (χ1) is 8.16. The van der Waals surface area contributed by atoms with E-state index >= 15 is 0 Å². The second kappa shape index (κ2) is 5.46. The van der Waals surface area contributed by atoms with Crippen LogP contribution in [0.1, 0.15) is 29.8 Å². The third-order valence-electron chi connectivity index (χ3n) is 2.63. The highest BCUT2D eigenvalue weighted by atomic mass is 32.2. The van der Waals surface area contributed by atoms with E-state index in [9.17, 15) is 9.00 Å². The summed E-state index contributed by atoms with van der Waals surface area (Å²) in [7, 11) is -1.33. The molecular formula is C11H14O5S. The minimum absolute atomic E-state index is 0.0111. The number of ether oxygens (including phenoxy) is 1. The van der Waals surface area contributed by atoms with E-state index < -0.39 is 16.8 Å². The lowest BCUT2D eigenvalue weighted by molar-refractivity contribution is 0.0309. The number of aromatic carboxylic acids is 1. The van der Waals surface area contributed by atoms with E-state index in [2.05, 4.69) is 0 Å². The van der Waals surface area contributed by atoms with Gasteiger partial charge < -0.3 is 14.3 Å². The first kappa shape index (κ1) is 12.3. The van der Waals surface area contributed by atoms with Crippen LogP contribution >= 0.6 is 0 Å². The molecule has 2 rings (SSSR count). The van der Waals surface area contributed by atoms with Gasteiger partial charge in [0.05, 0.1) is 22.7 Å². The molecule has 2 heterocycles. The van der Waals surface area contributed by atoms with E-state index in [4.69, 9.17) is 14.3 Å². The minimum Gasteiger partial charge on any atom is -0.475 e. The average Bonchev–Trinajstić information content (AvgIpc) is 2.79. The molecule has 5 nitrogen and oxygen atoms in total. The summed E-state index contributed by atoms with van der Waals surface area (Å²) in [6, 6.07) is 2.76. The Kier molecular flexibility index (Phi) is 3.96. The van der Waals surface area contributed by atoms with Crippen LogP contribution < -0.4 is 0 Å². The van der Waals surface area contributed by atoms with E-state index in [0.29, 0.717) is 12.4 Å². The van der Waals surface area contributed by atoms with Gasteiger partial charge in [-0.1, -0.05) is 0 Å². The quantitative estimate of drug-likeness (QED) is 0.888. The Balaban J connectivity index is 1.96. The zero-order valence-corrected chi connectivity index (χ0v) is 10.1. The molecule has 94 valence electrons. The zero-order chi connectivity index (χ0) is 12.3. The fourth-order valence-corrected chi connectivity index (χ4v) is 2.91. The smallest absolute Gasteiger partial charge is 0.371 e. The van der Waals surface area contributed by atoms with Gasteiger partial charge in [-0.3, -0.25) is 4.21 Å². The van der Waals surface area contributed by atoms with Gasteiger partial charge in [0.15, 0.2) is 5.09 Å². The summed E-state index contributed by atoms with van der Waals surface area (Å²) < 4.78 is 22.4. The Labute approximate surface area is 101 Å². The summed E-state index contributed by atoms with van der Waals surface area (Å²) >= 11 is 0. The number of carboxylic acid groups (broad SMARTS) is 1. The minimum atomic E-state index is -1.33. The lowest BCUT2D eigenvalue weighted by Crippen LogP contribution is -2.25. The number of hydrogen-bond acceptors (Lipinski definition) is 4. The molecule has 1 fully saturated rings. The number of carboxylic acids is 1. The van der Waals surface area contributed by atoms with E-state index in [-0.39, 0.29) is 17.0 Å². The van der Waals surface area contributed by atoms with E-state index in [1.54, 1.807) is 0 Å². The lowest BCUT2D eigenvalue weighted by atomic mass is 10.1. The molecule has 1 saturated heterocycles. The highest BCUT2D eigenvalue weighted by Crippen LogP contribution is 2.18. The van der Waals surface area contributed by atoms with Crippen LogP contribution in [0.4, 0.5) is 0 Å². The van der Waals surface area contributed by atoms with Crippen LogP contribution in [0.2, 0.25) is 0 Å². The maximum absolute atomic E-state index is 11.9. The summed E-state index contributed by atoms with van der Waals surface area (Å²) in [5, 5.41) is 8.89. The van der Waals surface area contributed by atoms with Crippen molar-refractivity contribution in [2.45, 2.75) is 30.5 Å². The van der Waals surface area contributed by atoms with E-state index in [1.165, 1.54) is 12.1 Å². The third-order valence-corrected chi connectivity index (χ3v) is 3.97. The lowest BCUT2D eigenvalue weighted by Gasteiger charge is -2.21. The molecule has 0 radical (unpaired) electrons. The van der Waals surface area contributed by atoms with Crippen molar-refractivity contribution in [3.05, 3.63) is 17.9 Å². The fraction of sp³-hybridized carbons (Fsp3) is 0.545.